The van der Waals surface area contributed by atoms with Gasteiger partial charge < -0.3 is 0 Å². The zero-order valence-electron chi connectivity index (χ0n) is 8.34. The molecule has 2 rings (SSSR count). The van der Waals surface area contributed by atoms with Crippen molar-refractivity contribution in [2.24, 2.45) is 0 Å². The zero-order valence-corrected chi connectivity index (χ0v) is 10.3. The van der Waals surface area contributed by atoms with E-state index >= 15 is 0 Å². The van der Waals surface area contributed by atoms with Crippen molar-refractivity contribution in [2.45, 2.75) is 19.8 Å². The molecular weight excluding hydrogens is 321 g/mol. The summed E-state index contributed by atoms with van der Waals surface area (Å²) in [6.45, 7) is 4.44. The maximum absolute atomic E-state index is 3.19. The molecule has 14 heavy (non-hydrogen) atoms. The SMILES string of the molecule is CC(C)c1c[c-]cc2ccccc12.[Ho]. The Balaban J connectivity index is 0.000000980. The van der Waals surface area contributed by atoms with Crippen LogP contribution in [0, 0.1) is 43.8 Å². The van der Waals surface area contributed by atoms with Gasteiger partial charge in [-0.3, -0.25) is 0 Å². The van der Waals surface area contributed by atoms with Gasteiger partial charge in [0.25, 0.3) is 0 Å². The van der Waals surface area contributed by atoms with Gasteiger partial charge in [0, 0.05) is 37.7 Å². The number of hydrogen-bond acceptors (Lipinski definition) is 0. The molecule has 0 spiro atoms. The Bertz CT molecular complexity index is 413. The maximum Gasteiger partial charge on any atom is 0 e. The second kappa shape index (κ2) is 5.16. The van der Waals surface area contributed by atoms with Gasteiger partial charge in [-0.05, 0) is 0 Å². The van der Waals surface area contributed by atoms with Crippen LogP contribution in [0.15, 0.2) is 36.4 Å². The summed E-state index contributed by atoms with van der Waals surface area (Å²) in [5.74, 6) is 0.572. The van der Waals surface area contributed by atoms with Crippen molar-refractivity contribution in [1.82, 2.24) is 0 Å². The van der Waals surface area contributed by atoms with E-state index in [0.29, 0.717) is 5.92 Å². The molecule has 0 nitrogen and oxygen atoms in total. The van der Waals surface area contributed by atoms with Crippen LogP contribution in [0.25, 0.3) is 10.8 Å². The Morgan fingerprint density at radius 1 is 1.07 bits per heavy atom. The zero-order chi connectivity index (χ0) is 9.26. The fraction of sp³-hybridized carbons (Fsp3) is 0.231. The minimum Gasteiger partial charge on any atom is -0.183 e. The van der Waals surface area contributed by atoms with Crippen molar-refractivity contribution >= 4 is 10.8 Å². The molecule has 0 aliphatic heterocycles. The van der Waals surface area contributed by atoms with Crippen LogP contribution < -0.4 is 0 Å². The molecule has 1 radical (unpaired) electrons. The molecule has 0 unspecified atom stereocenters. The molecule has 2 aromatic carbocycles. The number of rotatable bonds is 1. The largest absolute Gasteiger partial charge is 0.183 e. The van der Waals surface area contributed by atoms with Gasteiger partial charge >= 0.3 is 0 Å². The molecule has 1 heteroatoms. The Labute approximate surface area is 115 Å². The van der Waals surface area contributed by atoms with Gasteiger partial charge in [-0.2, -0.15) is 18.2 Å². The molecule has 0 saturated heterocycles. The molecule has 0 fully saturated rings. The van der Waals surface area contributed by atoms with Gasteiger partial charge in [-0.15, -0.1) is 22.4 Å². The van der Waals surface area contributed by atoms with Crippen molar-refractivity contribution < 1.29 is 37.7 Å². The smallest absolute Gasteiger partial charge is 0 e. The van der Waals surface area contributed by atoms with E-state index < -0.39 is 0 Å². The first-order valence-corrected chi connectivity index (χ1v) is 4.68. The Morgan fingerprint density at radius 2 is 1.79 bits per heavy atom. The molecule has 0 aromatic heterocycles. The summed E-state index contributed by atoms with van der Waals surface area (Å²) in [7, 11) is 0. The van der Waals surface area contributed by atoms with Crippen LogP contribution in [-0.2, 0) is 0 Å². The van der Waals surface area contributed by atoms with Gasteiger partial charge in [-0.25, -0.2) is 0 Å². The topological polar surface area (TPSA) is 0 Å². The van der Waals surface area contributed by atoms with Gasteiger partial charge in [-0.1, -0.05) is 38.0 Å². The predicted octanol–water partition coefficient (Wildman–Crippen LogP) is 3.76. The average Bonchev–Trinajstić information content (AvgIpc) is 2.17. The summed E-state index contributed by atoms with van der Waals surface area (Å²) < 4.78 is 0. The summed E-state index contributed by atoms with van der Waals surface area (Å²) >= 11 is 0. The van der Waals surface area contributed by atoms with E-state index in [1.807, 2.05) is 6.07 Å². The third kappa shape index (κ3) is 2.31. The van der Waals surface area contributed by atoms with Crippen LogP contribution in [0.2, 0.25) is 0 Å². The first-order chi connectivity index (χ1) is 6.29. The predicted molar refractivity (Wildman–Crippen MR) is 56.9 cm³/mol. The van der Waals surface area contributed by atoms with Gasteiger partial charge in [0.1, 0.15) is 0 Å². The fourth-order valence-corrected chi connectivity index (χ4v) is 1.66. The van der Waals surface area contributed by atoms with E-state index in [4.69, 9.17) is 0 Å². The van der Waals surface area contributed by atoms with Crippen LogP contribution in [0.3, 0.4) is 0 Å². The van der Waals surface area contributed by atoms with E-state index in [1.165, 1.54) is 16.3 Å². The Kier molecular flexibility index (Phi) is 4.43. The van der Waals surface area contributed by atoms with Gasteiger partial charge in [0.05, 0.1) is 0 Å². The van der Waals surface area contributed by atoms with Crippen molar-refractivity contribution in [3.8, 4) is 0 Å². The summed E-state index contributed by atoms with van der Waals surface area (Å²) in [5, 5.41) is 2.64. The summed E-state index contributed by atoms with van der Waals surface area (Å²) in [4.78, 5) is 0. The average molecular weight is 334 g/mol. The van der Waals surface area contributed by atoms with E-state index in [1.54, 1.807) is 0 Å². The summed E-state index contributed by atoms with van der Waals surface area (Å²) in [6, 6.07) is 15.8. The Hall–Kier alpha value is -0.0403. The van der Waals surface area contributed by atoms with Crippen molar-refractivity contribution in [2.75, 3.05) is 0 Å². The molecule has 0 atom stereocenters. The second-order valence-corrected chi connectivity index (χ2v) is 3.65. The number of fused-ring (bicyclic) bond motifs is 1. The van der Waals surface area contributed by atoms with Crippen LogP contribution in [0.1, 0.15) is 25.3 Å². The van der Waals surface area contributed by atoms with E-state index in [0.717, 1.165) is 0 Å². The first kappa shape index (κ1) is 12.0. The molecular formula is C13H13Ho-. The van der Waals surface area contributed by atoms with Crippen LogP contribution in [0.4, 0.5) is 0 Å². The van der Waals surface area contributed by atoms with E-state index in [9.17, 15) is 0 Å². The number of benzene rings is 2. The third-order valence-corrected chi connectivity index (χ3v) is 2.37. The van der Waals surface area contributed by atoms with Crippen molar-refractivity contribution in [3.63, 3.8) is 0 Å². The molecule has 77 valence electrons. The first-order valence-electron chi connectivity index (χ1n) is 4.68. The molecule has 0 aliphatic rings. The minimum atomic E-state index is 0. The molecule has 0 amide bonds. The van der Waals surface area contributed by atoms with Gasteiger partial charge in [0.2, 0.25) is 0 Å². The Morgan fingerprint density at radius 3 is 2.50 bits per heavy atom. The third-order valence-electron chi connectivity index (χ3n) is 2.37. The van der Waals surface area contributed by atoms with Crippen LogP contribution in [0.5, 0.6) is 0 Å². The molecule has 0 N–H and O–H groups in total. The number of hydrogen-bond donors (Lipinski definition) is 0. The standard InChI is InChI=1S/C13H13.Ho/c1-10(2)12-9-5-7-11-6-3-4-8-13(11)12;/h3-4,6-10H,1-2H3;/q-1;. The van der Waals surface area contributed by atoms with Crippen LogP contribution in [-0.4, -0.2) is 0 Å². The molecule has 0 saturated carbocycles. The molecule has 2 aromatic rings. The summed E-state index contributed by atoms with van der Waals surface area (Å²) in [6.07, 6.45) is 0. The summed E-state index contributed by atoms with van der Waals surface area (Å²) in [5.41, 5.74) is 1.39. The monoisotopic (exact) mass is 334 g/mol. The molecule has 0 bridgehead atoms. The van der Waals surface area contributed by atoms with Gasteiger partial charge in [0.15, 0.2) is 0 Å². The molecule has 0 aliphatic carbocycles. The van der Waals surface area contributed by atoms with Crippen molar-refractivity contribution in [3.05, 3.63) is 48.0 Å². The maximum atomic E-state index is 3.19. The molecule has 0 heterocycles. The van der Waals surface area contributed by atoms with E-state index in [2.05, 4.69) is 50.2 Å². The van der Waals surface area contributed by atoms with Crippen LogP contribution >= 0.6 is 0 Å². The second-order valence-electron chi connectivity index (χ2n) is 3.65. The van der Waals surface area contributed by atoms with E-state index in [-0.39, 0.29) is 37.7 Å². The normalized spacial score (nSPS) is 10.2. The van der Waals surface area contributed by atoms with Crippen molar-refractivity contribution in [1.29, 1.82) is 0 Å². The fourth-order valence-electron chi connectivity index (χ4n) is 1.66. The minimum absolute atomic E-state index is 0. The quantitative estimate of drug-likeness (QED) is 0.550.